The number of thiophene rings is 1. The van der Waals surface area contributed by atoms with Crippen molar-refractivity contribution in [2.24, 2.45) is 12.2 Å². The molecule has 34 heavy (non-hydrogen) atoms. The largest absolute Gasteiger partial charge is 0.437 e. The minimum atomic E-state index is -4.06. The summed E-state index contributed by atoms with van der Waals surface area (Å²) >= 11 is 0.932. The number of pyridine rings is 2. The number of hydrogen-bond acceptors (Lipinski definition) is 7. The number of carbonyl (C=O) groups excluding carboxylic acids is 1. The maximum atomic E-state index is 12.8. The molecule has 0 spiro atoms. The fraction of sp³-hybridized carbons (Fsp3) is 0.227. The van der Waals surface area contributed by atoms with Gasteiger partial charge in [-0.1, -0.05) is 0 Å². The zero-order valence-electron chi connectivity index (χ0n) is 19.1. The Morgan fingerprint density at radius 1 is 1.26 bits per heavy atom. The highest BCUT2D eigenvalue weighted by Crippen LogP contribution is 2.47. The van der Waals surface area contributed by atoms with E-state index in [4.69, 9.17) is 9.88 Å². The van der Waals surface area contributed by atoms with Crippen molar-refractivity contribution in [1.29, 1.82) is 0 Å². The van der Waals surface area contributed by atoms with Gasteiger partial charge in [-0.25, -0.2) is 18.5 Å². The maximum absolute atomic E-state index is 12.8. The van der Waals surface area contributed by atoms with Gasteiger partial charge in [-0.2, -0.15) is 0 Å². The summed E-state index contributed by atoms with van der Waals surface area (Å²) < 4.78 is 32.1. The average Bonchev–Trinajstić information content (AvgIpc) is 3.34. The van der Waals surface area contributed by atoms with Crippen LogP contribution in [0.3, 0.4) is 0 Å². The van der Waals surface area contributed by atoms with E-state index in [1.165, 1.54) is 11.6 Å². The molecule has 1 amide bonds. The molecule has 4 heterocycles. The van der Waals surface area contributed by atoms with Gasteiger partial charge in [0.25, 0.3) is 11.5 Å². The third kappa shape index (κ3) is 4.00. The highest BCUT2D eigenvalue weighted by molar-refractivity contribution is 7.91. The van der Waals surface area contributed by atoms with Crippen molar-refractivity contribution in [3.63, 3.8) is 0 Å². The SMILES string of the molecule is CNC(=O)c1cc2c(-c3sc(S(N)(=O)=O)c(C)c3Oc3ncc(C)cc3C)cn(C)c(=O)c2[nH]1. The number of hydrogen-bond donors (Lipinski definition) is 3. The second-order valence-electron chi connectivity index (χ2n) is 7.96. The van der Waals surface area contributed by atoms with Crippen LogP contribution in [0.4, 0.5) is 0 Å². The molecule has 0 aliphatic rings. The Labute approximate surface area is 199 Å². The smallest absolute Gasteiger partial charge is 0.274 e. The molecule has 0 saturated heterocycles. The normalized spacial score (nSPS) is 11.7. The lowest BCUT2D eigenvalue weighted by atomic mass is 10.1. The van der Waals surface area contributed by atoms with Crippen LogP contribution >= 0.6 is 11.3 Å². The van der Waals surface area contributed by atoms with Gasteiger partial charge in [0.1, 0.15) is 15.4 Å². The lowest BCUT2D eigenvalue weighted by molar-refractivity contribution is 0.0959. The first kappa shape index (κ1) is 23.7. The fourth-order valence-corrected chi connectivity index (χ4v) is 5.95. The third-order valence-electron chi connectivity index (χ3n) is 5.35. The molecular weight excluding hydrogens is 478 g/mol. The predicted octanol–water partition coefficient (Wildman–Crippen LogP) is 2.71. The molecule has 4 aromatic rings. The van der Waals surface area contributed by atoms with Crippen molar-refractivity contribution in [3.8, 4) is 22.1 Å². The Bertz CT molecular complexity index is 1630. The van der Waals surface area contributed by atoms with Crippen molar-refractivity contribution in [2.45, 2.75) is 25.0 Å². The minimum Gasteiger partial charge on any atom is -0.437 e. The van der Waals surface area contributed by atoms with Crippen LogP contribution in [0.2, 0.25) is 0 Å². The molecule has 0 bridgehead atoms. The summed E-state index contributed by atoms with van der Waals surface area (Å²) in [6, 6.07) is 3.45. The van der Waals surface area contributed by atoms with Crippen LogP contribution in [0.15, 0.2) is 33.5 Å². The second kappa shape index (κ2) is 8.38. The van der Waals surface area contributed by atoms with E-state index in [0.29, 0.717) is 27.3 Å². The summed E-state index contributed by atoms with van der Waals surface area (Å²) in [5.41, 5.74) is 2.61. The van der Waals surface area contributed by atoms with Crippen molar-refractivity contribution in [1.82, 2.24) is 19.9 Å². The van der Waals surface area contributed by atoms with Crippen LogP contribution in [0.1, 0.15) is 27.2 Å². The van der Waals surface area contributed by atoms with E-state index >= 15 is 0 Å². The summed E-state index contributed by atoms with van der Waals surface area (Å²) in [4.78, 5) is 32.6. The molecule has 0 aliphatic carbocycles. The molecule has 4 N–H and O–H groups in total. The van der Waals surface area contributed by atoms with Crippen molar-refractivity contribution in [2.75, 3.05) is 7.05 Å². The van der Waals surface area contributed by atoms with Crippen molar-refractivity contribution >= 4 is 38.2 Å². The number of aromatic amines is 1. The van der Waals surface area contributed by atoms with Crippen LogP contribution in [-0.2, 0) is 17.1 Å². The average molecular weight is 502 g/mol. The highest BCUT2D eigenvalue weighted by Gasteiger charge is 2.27. The van der Waals surface area contributed by atoms with E-state index in [0.717, 1.165) is 22.5 Å². The van der Waals surface area contributed by atoms with Gasteiger partial charge in [-0.3, -0.25) is 9.59 Å². The number of primary sulfonamides is 1. The zero-order chi connectivity index (χ0) is 24.9. The molecule has 0 saturated carbocycles. The maximum Gasteiger partial charge on any atom is 0.274 e. The Kier molecular flexibility index (Phi) is 5.84. The number of H-pyrrole nitrogens is 1. The summed E-state index contributed by atoms with van der Waals surface area (Å²) in [5.74, 6) is 0.179. The molecule has 178 valence electrons. The van der Waals surface area contributed by atoms with E-state index < -0.39 is 15.9 Å². The first-order valence-electron chi connectivity index (χ1n) is 10.1. The van der Waals surface area contributed by atoms with Gasteiger partial charge in [0.05, 0.1) is 4.88 Å². The third-order valence-corrected chi connectivity index (χ3v) is 8.22. The number of nitrogens with two attached hydrogens (primary N) is 1. The number of ether oxygens (including phenoxy) is 1. The second-order valence-corrected chi connectivity index (χ2v) is 10.7. The van der Waals surface area contributed by atoms with Gasteiger partial charge >= 0.3 is 0 Å². The van der Waals surface area contributed by atoms with E-state index in [-0.39, 0.29) is 26.7 Å². The lowest BCUT2D eigenvalue weighted by Gasteiger charge is -2.11. The highest BCUT2D eigenvalue weighted by atomic mass is 32.2. The molecule has 0 aliphatic heterocycles. The topological polar surface area (TPSA) is 149 Å². The molecular formula is C22H23N5O5S2. The number of aromatic nitrogens is 3. The van der Waals surface area contributed by atoms with Gasteiger partial charge in [0.15, 0.2) is 5.75 Å². The summed E-state index contributed by atoms with van der Waals surface area (Å²) in [6.07, 6.45) is 3.23. The minimum absolute atomic E-state index is 0.0636. The molecule has 4 aromatic heterocycles. The monoisotopic (exact) mass is 501 g/mol. The number of nitrogens with zero attached hydrogens (tertiary/aromatic N) is 2. The molecule has 0 aromatic carbocycles. The molecule has 0 unspecified atom stereocenters. The summed E-state index contributed by atoms with van der Waals surface area (Å²) in [5, 5.41) is 8.45. The Morgan fingerprint density at radius 2 is 1.97 bits per heavy atom. The Hall–Kier alpha value is -3.48. The summed E-state index contributed by atoms with van der Waals surface area (Å²) in [6.45, 7) is 5.34. The van der Waals surface area contributed by atoms with Crippen molar-refractivity contribution < 1.29 is 17.9 Å². The standard InChI is InChI=1S/C22H23N5O5S2/c1-10-6-11(2)20(25-8-10)32-17-12(3)22(34(23,30)31)33-18(17)14-9-27(5)21(29)16-13(14)7-15(26-16)19(28)24-4/h6-9,26H,1-5H3,(H,24,28)(H2,23,30,31). The lowest BCUT2D eigenvalue weighted by Crippen LogP contribution is -2.19. The molecule has 10 nitrogen and oxygen atoms in total. The van der Waals surface area contributed by atoms with Gasteiger partial charge < -0.3 is 19.6 Å². The number of amides is 1. The van der Waals surface area contributed by atoms with Gasteiger partial charge in [0, 0.05) is 48.6 Å². The molecule has 12 heteroatoms. The first-order valence-corrected chi connectivity index (χ1v) is 12.5. The predicted molar refractivity (Wildman–Crippen MR) is 130 cm³/mol. The van der Waals surface area contributed by atoms with Crippen LogP contribution in [-0.4, -0.2) is 35.9 Å². The van der Waals surface area contributed by atoms with Crippen LogP contribution in [0.25, 0.3) is 21.3 Å². The van der Waals surface area contributed by atoms with Crippen LogP contribution in [0, 0.1) is 20.8 Å². The number of aryl methyl sites for hydroxylation is 3. The van der Waals surface area contributed by atoms with Crippen LogP contribution < -0.4 is 20.8 Å². The fourth-order valence-electron chi connectivity index (χ4n) is 3.73. The van der Waals surface area contributed by atoms with E-state index in [9.17, 15) is 18.0 Å². The molecule has 4 rings (SSSR count). The Morgan fingerprint density at radius 3 is 2.59 bits per heavy atom. The zero-order valence-corrected chi connectivity index (χ0v) is 20.8. The van der Waals surface area contributed by atoms with Gasteiger partial charge in [-0.15, -0.1) is 11.3 Å². The summed E-state index contributed by atoms with van der Waals surface area (Å²) in [7, 11) is -1.01. The molecule has 0 fully saturated rings. The first-order chi connectivity index (χ1) is 15.9. The molecule has 0 atom stereocenters. The number of carbonyl (C=O) groups is 1. The van der Waals surface area contributed by atoms with E-state index in [1.54, 1.807) is 32.4 Å². The van der Waals surface area contributed by atoms with E-state index in [2.05, 4.69) is 15.3 Å². The number of nitrogens with one attached hydrogen (secondary N) is 2. The quantitative estimate of drug-likeness (QED) is 0.383. The van der Waals surface area contributed by atoms with Crippen LogP contribution in [0.5, 0.6) is 11.6 Å². The van der Waals surface area contributed by atoms with Gasteiger partial charge in [-0.05, 0) is 38.5 Å². The number of fused-ring (bicyclic) bond motifs is 1. The number of rotatable bonds is 5. The molecule has 0 radical (unpaired) electrons. The number of sulfonamides is 1. The Balaban J connectivity index is 2.04. The van der Waals surface area contributed by atoms with Gasteiger partial charge in [0.2, 0.25) is 15.9 Å². The van der Waals surface area contributed by atoms with Crippen molar-refractivity contribution in [3.05, 3.63) is 57.3 Å². The van der Waals surface area contributed by atoms with E-state index in [1.807, 2.05) is 19.9 Å².